The predicted octanol–water partition coefficient (Wildman–Crippen LogP) is 2.40. The van der Waals surface area contributed by atoms with Crippen molar-refractivity contribution < 1.29 is 0 Å². The lowest BCUT2D eigenvalue weighted by Gasteiger charge is -2.07. The molecule has 2 aromatic rings. The highest BCUT2D eigenvalue weighted by Gasteiger charge is 2.13. The summed E-state index contributed by atoms with van der Waals surface area (Å²) < 4.78 is 1.92. The van der Waals surface area contributed by atoms with Gasteiger partial charge < -0.3 is 5.32 Å². The van der Waals surface area contributed by atoms with Gasteiger partial charge in [-0.2, -0.15) is 5.10 Å². The van der Waals surface area contributed by atoms with Crippen LogP contribution in [0.25, 0.3) is 5.82 Å². The topological polar surface area (TPSA) is 55.6 Å². The quantitative estimate of drug-likeness (QED) is 0.850. The molecule has 0 aliphatic carbocycles. The fraction of sp³-hybridized carbons (Fsp3) is 0.533. The van der Waals surface area contributed by atoms with Gasteiger partial charge in [-0.05, 0) is 40.7 Å². The van der Waals surface area contributed by atoms with E-state index in [9.17, 15) is 0 Å². The van der Waals surface area contributed by atoms with Gasteiger partial charge in [0.25, 0.3) is 0 Å². The molecule has 108 valence electrons. The van der Waals surface area contributed by atoms with Crippen molar-refractivity contribution in [2.24, 2.45) is 0 Å². The molecule has 0 fully saturated rings. The molecule has 20 heavy (non-hydrogen) atoms. The maximum absolute atomic E-state index is 4.63. The van der Waals surface area contributed by atoms with Gasteiger partial charge in [-0.25, -0.2) is 14.6 Å². The van der Waals surface area contributed by atoms with Crippen LogP contribution >= 0.6 is 0 Å². The normalized spacial score (nSPS) is 11.1. The van der Waals surface area contributed by atoms with Crippen molar-refractivity contribution in [1.29, 1.82) is 0 Å². The van der Waals surface area contributed by atoms with Gasteiger partial charge in [0.05, 0.1) is 5.69 Å². The molecule has 0 aliphatic heterocycles. The zero-order valence-corrected chi connectivity index (χ0v) is 13.0. The maximum atomic E-state index is 4.63. The van der Waals surface area contributed by atoms with E-state index in [0.717, 1.165) is 48.2 Å². The first kappa shape index (κ1) is 14.7. The van der Waals surface area contributed by atoms with Crippen molar-refractivity contribution in [3.8, 4) is 5.82 Å². The monoisotopic (exact) mass is 273 g/mol. The second kappa shape index (κ2) is 6.13. The minimum Gasteiger partial charge on any atom is -0.313 e. The highest BCUT2D eigenvalue weighted by atomic mass is 15.3. The molecule has 2 aromatic heterocycles. The molecule has 0 atom stereocenters. The highest BCUT2D eigenvalue weighted by molar-refractivity contribution is 5.33. The van der Waals surface area contributed by atoms with E-state index in [0.29, 0.717) is 0 Å². The van der Waals surface area contributed by atoms with Crippen LogP contribution in [0.5, 0.6) is 0 Å². The van der Waals surface area contributed by atoms with Gasteiger partial charge in [0.15, 0.2) is 5.82 Å². The van der Waals surface area contributed by atoms with Gasteiger partial charge >= 0.3 is 0 Å². The van der Waals surface area contributed by atoms with E-state index in [-0.39, 0.29) is 0 Å². The van der Waals surface area contributed by atoms with E-state index in [1.54, 1.807) is 0 Å². The molecule has 0 amide bonds. The third kappa shape index (κ3) is 3.04. The molecule has 0 bridgehead atoms. The number of hydrogen-bond donors (Lipinski definition) is 1. The summed E-state index contributed by atoms with van der Waals surface area (Å²) >= 11 is 0. The first-order chi connectivity index (χ1) is 9.52. The Bertz CT molecular complexity index is 580. The standard InChI is InChI=1S/C15H23N5/c1-6-7-16-9-14-11(3)19-20(12(14)4)15-8-10(2)17-13(5)18-15/h8,16H,6-7,9H2,1-5H3. The second-order valence-corrected chi connectivity index (χ2v) is 5.15. The molecule has 1 N–H and O–H groups in total. The van der Waals surface area contributed by atoms with E-state index in [4.69, 9.17) is 0 Å². The fourth-order valence-corrected chi connectivity index (χ4v) is 2.35. The number of nitrogens with one attached hydrogen (secondary N) is 1. The molecule has 5 heteroatoms. The van der Waals surface area contributed by atoms with Crippen LogP contribution in [0.1, 0.15) is 41.8 Å². The van der Waals surface area contributed by atoms with Crippen LogP contribution in [0.3, 0.4) is 0 Å². The van der Waals surface area contributed by atoms with Crippen LogP contribution in [0.15, 0.2) is 6.07 Å². The predicted molar refractivity (Wildman–Crippen MR) is 80.1 cm³/mol. The Morgan fingerprint density at radius 3 is 2.55 bits per heavy atom. The van der Waals surface area contributed by atoms with Crippen LogP contribution in [0.4, 0.5) is 0 Å². The third-order valence-corrected chi connectivity index (χ3v) is 3.34. The summed E-state index contributed by atoms with van der Waals surface area (Å²) in [4.78, 5) is 8.80. The SMILES string of the molecule is CCCNCc1c(C)nn(-c2cc(C)nc(C)n2)c1C. The third-order valence-electron chi connectivity index (χ3n) is 3.34. The van der Waals surface area contributed by atoms with Gasteiger partial charge in [-0.1, -0.05) is 6.92 Å². The van der Waals surface area contributed by atoms with Gasteiger partial charge in [0.2, 0.25) is 0 Å². The number of hydrogen-bond acceptors (Lipinski definition) is 4. The smallest absolute Gasteiger partial charge is 0.157 e. The summed E-state index contributed by atoms with van der Waals surface area (Å²) in [6.45, 7) is 12.1. The molecular weight excluding hydrogens is 250 g/mol. The highest BCUT2D eigenvalue weighted by Crippen LogP contribution is 2.17. The lowest BCUT2D eigenvalue weighted by Crippen LogP contribution is -2.15. The Morgan fingerprint density at radius 2 is 1.90 bits per heavy atom. The summed E-state index contributed by atoms with van der Waals surface area (Å²) in [7, 11) is 0. The zero-order valence-electron chi connectivity index (χ0n) is 13.0. The summed E-state index contributed by atoms with van der Waals surface area (Å²) in [5, 5.41) is 8.06. The van der Waals surface area contributed by atoms with Crippen LogP contribution < -0.4 is 5.32 Å². The molecule has 0 unspecified atom stereocenters. The molecule has 5 nitrogen and oxygen atoms in total. The summed E-state index contributed by atoms with van der Waals surface area (Å²) in [5.74, 6) is 1.62. The van der Waals surface area contributed by atoms with Crippen LogP contribution in [-0.2, 0) is 6.54 Å². The summed E-state index contributed by atoms with van der Waals surface area (Å²) in [6.07, 6.45) is 1.14. The maximum Gasteiger partial charge on any atom is 0.157 e. The number of nitrogens with zero attached hydrogens (tertiary/aromatic N) is 4. The number of aromatic nitrogens is 4. The van der Waals surface area contributed by atoms with Gasteiger partial charge in [-0.3, -0.25) is 0 Å². The van der Waals surface area contributed by atoms with Crippen molar-refractivity contribution in [1.82, 2.24) is 25.1 Å². The molecule has 2 heterocycles. The Kier molecular flexibility index (Phi) is 4.49. The Labute approximate surface area is 120 Å². The molecular formula is C15H23N5. The Balaban J connectivity index is 2.35. The molecule has 0 radical (unpaired) electrons. The van der Waals surface area contributed by atoms with Crippen molar-refractivity contribution >= 4 is 0 Å². The van der Waals surface area contributed by atoms with Crippen LogP contribution in [0.2, 0.25) is 0 Å². The Morgan fingerprint density at radius 1 is 1.15 bits per heavy atom. The number of aryl methyl sites for hydroxylation is 3. The molecule has 0 saturated carbocycles. The Hall–Kier alpha value is -1.75. The second-order valence-electron chi connectivity index (χ2n) is 5.15. The number of rotatable bonds is 5. The van der Waals surface area contributed by atoms with E-state index >= 15 is 0 Å². The zero-order chi connectivity index (χ0) is 14.7. The van der Waals surface area contributed by atoms with E-state index in [1.165, 1.54) is 5.56 Å². The molecule has 0 saturated heterocycles. The fourth-order valence-electron chi connectivity index (χ4n) is 2.35. The van der Waals surface area contributed by atoms with Crippen molar-refractivity contribution in [2.75, 3.05) is 6.54 Å². The van der Waals surface area contributed by atoms with Crippen molar-refractivity contribution in [3.63, 3.8) is 0 Å². The first-order valence-electron chi connectivity index (χ1n) is 7.11. The van der Waals surface area contributed by atoms with Gasteiger partial charge in [-0.15, -0.1) is 0 Å². The van der Waals surface area contributed by atoms with E-state index < -0.39 is 0 Å². The minimum atomic E-state index is 0.776. The van der Waals surface area contributed by atoms with E-state index in [1.807, 2.05) is 31.5 Å². The average Bonchev–Trinajstić information content (AvgIpc) is 2.65. The molecule has 0 aromatic carbocycles. The lowest BCUT2D eigenvalue weighted by atomic mass is 10.2. The van der Waals surface area contributed by atoms with Crippen LogP contribution in [0, 0.1) is 27.7 Å². The van der Waals surface area contributed by atoms with E-state index in [2.05, 4.69) is 34.2 Å². The summed E-state index contributed by atoms with van der Waals surface area (Å²) in [6, 6.07) is 1.97. The minimum absolute atomic E-state index is 0.776. The lowest BCUT2D eigenvalue weighted by molar-refractivity contribution is 0.670. The summed E-state index contributed by atoms with van der Waals surface area (Å²) in [5.41, 5.74) is 4.42. The molecule has 2 rings (SSSR count). The van der Waals surface area contributed by atoms with Crippen molar-refractivity contribution in [2.45, 2.75) is 47.6 Å². The van der Waals surface area contributed by atoms with Gasteiger partial charge in [0, 0.05) is 29.6 Å². The van der Waals surface area contributed by atoms with Crippen molar-refractivity contribution in [3.05, 3.63) is 34.5 Å². The van der Waals surface area contributed by atoms with Gasteiger partial charge in [0.1, 0.15) is 5.82 Å². The first-order valence-corrected chi connectivity index (χ1v) is 7.11. The van der Waals surface area contributed by atoms with Crippen LogP contribution in [-0.4, -0.2) is 26.3 Å². The molecule has 0 spiro atoms. The largest absolute Gasteiger partial charge is 0.313 e. The average molecular weight is 273 g/mol. The molecule has 0 aliphatic rings.